The standard InChI is InChI=1S/C11H19ClN2S/c1-5-6-9-13-10(15-14-9)7-8(12)11(2,3)4/h8H,5-7H2,1-4H3. The Hall–Kier alpha value is -0.150. The number of hydrogen-bond donors (Lipinski definition) is 0. The third kappa shape index (κ3) is 4.07. The summed E-state index contributed by atoms with van der Waals surface area (Å²) in [5.41, 5.74) is 0.123. The van der Waals surface area contributed by atoms with E-state index in [9.17, 15) is 0 Å². The third-order valence-electron chi connectivity index (χ3n) is 2.28. The highest BCUT2D eigenvalue weighted by Gasteiger charge is 2.23. The van der Waals surface area contributed by atoms with Crippen molar-refractivity contribution < 1.29 is 0 Å². The predicted molar refractivity (Wildman–Crippen MR) is 66.7 cm³/mol. The average molecular weight is 247 g/mol. The molecule has 0 saturated heterocycles. The molecule has 86 valence electrons. The van der Waals surface area contributed by atoms with Crippen molar-refractivity contribution in [2.75, 3.05) is 0 Å². The molecule has 15 heavy (non-hydrogen) atoms. The zero-order chi connectivity index (χ0) is 11.5. The number of nitrogens with zero attached hydrogens (tertiary/aromatic N) is 2. The van der Waals surface area contributed by atoms with Gasteiger partial charge in [-0.3, -0.25) is 0 Å². The van der Waals surface area contributed by atoms with Crippen molar-refractivity contribution in [3.05, 3.63) is 10.8 Å². The minimum absolute atomic E-state index is 0.123. The number of alkyl halides is 1. The Morgan fingerprint density at radius 2 is 2.07 bits per heavy atom. The molecule has 0 spiro atoms. The van der Waals surface area contributed by atoms with E-state index in [0.29, 0.717) is 0 Å². The van der Waals surface area contributed by atoms with Gasteiger partial charge in [-0.2, -0.15) is 4.37 Å². The van der Waals surface area contributed by atoms with E-state index >= 15 is 0 Å². The van der Waals surface area contributed by atoms with Gasteiger partial charge in [0.05, 0.1) is 0 Å². The quantitative estimate of drug-likeness (QED) is 0.758. The van der Waals surface area contributed by atoms with Gasteiger partial charge in [-0.05, 0) is 23.4 Å². The first-order chi connectivity index (χ1) is 6.93. The van der Waals surface area contributed by atoms with Crippen LogP contribution in [0.4, 0.5) is 0 Å². The molecule has 4 heteroatoms. The number of aryl methyl sites for hydroxylation is 1. The minimum Gasteiger partial charge on any atom is -0.225 e. The molecule has 0 saturated carbocycles. The second-order valence-corrected chi connectivity index (χ2v) is 6.26. The smallest absolute Gasteiger partial charge is 0.142 e. The summed E-state index contributed by atoms with van der Waals surface area (Å²) in [6.45, 7) is 8.59. The molecule has 1 unspecified atom stereocenters. The van der Waals surface area contributed by atoms with E-state index in [1.807, 2.05) is 0 Å². The maximum atomic E-state index is 6.32. The van der Waals surface area contributed by atoms with Gasteiger partial charge in [-0.1, -0.05) is 27.7 Å². The van der Waals surface area contributed by atoms with Gasteiger partial charge in [0.15, 0.2) is 0 Å². The minimum atomic E-state index is 0.123. The summed E-state index contributed by atoms with van der Waals surface area (Å²) in [5.74, 6) is 0.968. The molecule has 1 aromatic rings. The normalized spacial score (nSPS) is 14.2. The lowest BCUT2D eigenvalue weighted by molar-refractivity contribution is 0.386. The van der Waals surface area contributed by atoms with Crippen LogP contribution in [0.25, 0.3) is 0 Å². The van der Waals surface area contributed by atoms with E-state index in [-0.39, 0.29) is 10.8 Å². The summed E-state index contributed by atoms with van der Waals surface area (Å²) in [7, 11) is 0. The van der Waals surface area contributed by atoms with Crippen molar-refractivity contribution in [1.82, 2.24) is 9.36 Å². The first kappa shape index (κ1) is 12.9. The van der Waals surface area contributed by atoms with Crippen LogP contribution in [0.15, 0.2) is 0 Å². The fraction of sp³-hybridized carbons (Fsp3) is 0.818. The van der Waals surface area contributed by atoms with Crippen LogP contribution in [-0.2, 0) is 12.8 Å². The fourth-order valence-corrected chi connectivity index (χ4v) is 2.13. The summed E-state index contributed by atoms with van der Waals surface area (Å²) < 4.78 is 4.31. The van der Waals surface area contributed by atoms with Crippen molar-refractivity contribution in [2.45, 2.75) is 52.3 Å². The van der Waals surface area contributed by atoms with E-state index in [2.05, 4.69) is 37.1 Å². The zero-order valence-electron chi connectivity index (χ0n) is 9.88. The average Bonchev–Trinajstić information content (AvgIpc) is 2.51. The highest BCUT2D eigenvalue weighted by atomic mass is 35.5. The van der Waals surface area contributed by atoms with Crippen LogP contribution in [0.5, 0.6) is 0 Å². The summed E-state index contributed by atoms with van der Waals surface area (Å²) >= 11 is 7.81. The molecule has 0 aliphatic carbocycles. The van der Waals surface area contributed by atoms with Gasteiger partial charge in [0.2, 0.25) is 0 Å². The zero-order valence-corrected chi connectivity index (χ0v) is 11.5. The first-order valence-corrected chi connectivity index (χ1v) is 6.60. The number of rotatable bonds is 4. The maximum absolute atomic E-state index is 6.32. The van der Waals surface area contributed by atoms with Crippen LogP contribution in [0.1, 0.15) is 44.9 Å². The summed E-state index contributed by atoms with van der Waals surface area (Å²) in [4.78, 5) is 4.48. The van der Waals surface area contributed by atoms with Crippen LogP contribution in [0.3, 0.4) is 0 Å². The van der Waals surface area contributed by atoms with Gasteiger partial charge in [0.25, 0.3) is 0 Å². The molecular formula is C11H19ClN2S. The van der Waals surface area contributed by atoms with Crippen LogP contribution in [0.2, 0.25) is 0 Å². The van der Waals surface area contributed by atoms with Gasteiger partial charge in [-0.15, -0.1) is 11.6 Å². The summed E-state index contributed by atoms with van der Waals surface area (Å²) in [6.07, 6.45) is 2.89. The van der Waals surface area contributed by atoms with Crippen molar-refractivity contribution in [3.63, 3.8) is 0 Å². The third-order valence-corrected chi connectivity index (χ3v) is 3.86. The molecule has 0 aromatic carbocycles. The Labute approximate surface area is 101 Å². The van der Waals surface area contributed by atoms with E-state index in [1.54, 1.807) is 0 Å². The lowest BCUT2D eigenvalue weighted by atomic mass is 9.90. The summed E-state index contributed by atoms with van der Waals surface area (Å²) in [6, 6.07) is 0. The SMILES string of the molecule is CCCc1nsc(CC(Cl)C(C)(C)C)n1. The van der Waals surface area contributed by atoms with E-state index < -0.39 is 0 Å². The number of hydrogen-bond acceptors (Lipinski definition) is 3. The Bertz CT molecular complexity index is 304. The van der Waals surface area contributed by atoms with E-state index in [1.165, 1.54) is 11.5 Å². The fourth-order valence-electron chi connectivity index (χ4n) is 1.16. The van der Waals surface area contributed by atoms with Crippen LogP contribution >= 0.6 is 23.1 Å². The van der Waals surface area contributed by atoms with Crippen molar-refractivity contribution in [3.8, 4) is 0 Å². The highest BCUT2D eigenvalue weighted by Crippen LogP contribution is 2.27. The molecule has 0 aliphatic heterocycles. The molecule has 0 N–H and O–H groups in total. The largest absolute Gasteiger partial charge is 0.225 e. The Morgan fingerprint density at radius 1 is 1.40 bits per heavy atom. The second-order valence-electron chi connectivity index (χ2n) is 4.89. The molecule has 0 fully saturated rings. The van der Waals surface area contributed by atoms with Gasteiger partial charge < -0.3 is 0 Å². The Morgan fingerprint density at radius 3 is 2.60 bits per heavy atom. The molecule has 0 radical (unpaired) electrons. The van der Waals surface area contributed by atoms with E-state index in [4.69, 9.17) is 11.6 Å². The molecule has 1 rings (SSSR count). The first-order valence-electron chi connectivity index (χ1n) is 5.39. The predicted octanol–water partition coefficient (Wildman–Crippen LogP) is 3.69. The van der Waals surface area contributed by atoms with Crippen LogP contribution < -0.4 is 0 Å². The molecule has 0 bridgehead atoms. The molecule has 2 nitrogen and oxygen atoms in total. The summed E-state index contributed by atoms with van der Waals surface area (Å²) in [5, 5.41) is 1.19. The van der Waals surface area contributed by atoms with Crippen LogP contribution in [0, 0.1) is 5.41 Å². The molecule has 0 aliphatic rings. The molecule has 0 amide bonds. The van der Waals surface area contributed by atoms with E-state index in [0.717, 1.165) is 30.1 Å². The van der Waals surface area contributed by atoms with Crippen LogP contribution in [-0.4, -0.2) is 14.7 Å². The van der Waals surface area contributed by atoms with Crippen molar-refractivity contribution in [2.24, 2.45) is 5.41 Å². The highest BCUT2D eigenvalue weighted by molar-refractivity contribution is 7.05. The van der Waals surface area contributed by atoms with Gasteiger partial charge in [-0.25, -0.2) is 4.98 Å². The molecule has 1 atom stereocenters. The van der Waals surface area contributed by atoms with Gasteiger partial charge in [0, 0.05) is 18.2 Å². The lowest BCUT2D eigenvalue weighted by Crippen LogP contribution is -2.22. The maximum Gasteiger partial charge on any atom is 0.142 e. The van der Waals surface area contributed by atoms with Crippen molar-refractivity contribution in [1.29, 1.82) is 0 Å². The van der Waals surface area contributed by atoms with Gasteiger partial charge >= 0.3 is 0 Å². The monoisotopic (exact) mass is 246 g/mol. The lowest BCUT2D eigenvalue weighted by Gasteiger charge is -2.23. The molecule has 1 aromatic heterocycles. The second kappa shape index (κ2) is 5.26. The Balaban J connectivity index is 2.57. The molecular weight excluding hydrogens is 228 g/mol. The topological polar surface area (TPSA) is 25.8 Å². The molecule has 1 heterocycles. The van der Waals surface area contributed by atoms with Gasteiger partial charge in [0.1, 0.15) is 10.8 Å². The number of aromatic nitrogens is 2. The van der Waals surface area contributed by atoms with Crippen molar-refractivity contribution >= 4 is 23.1 Å². The number of halogens is 1. The Kier molecular flexibility index (Phi) is 4.53.